The van der Waals surface area contributed by atoms with E-state index in [9.17, 15) is 0 Å². The van der Waals surface area contributed by atoms with E-state index in [0.29, 0.717) is 0 Å². The van der Waals surface area contributed by atoms with Crippen molar-refractivity contribution in [2.45, 2.75) is 84.8 Å². The van der Waals surface area contributed by atoms with E-state index in [1.54, 1.807) is 0 Å². The molecule has 1 aliphatic carbocycles. The fraction of sp³-hybridized carbons (Fsp3) is 0.172. The van der Waals surface area contributed by atoms with Gasteiger partial charge >= 0.3 is 6.85 Å². The number of nitrogens with zero attached hydrogens (tertiary/aromatic N) is 2. The van der Waals surface area contributed by atoms with Gasteiger partial charge in [-0.2, -0.15) is 0 Å². The highest BCUT2D eigenvalue weighted by molar-refractivity contribution is 8.05. The van der Waals surface area contributed by atoms with Crippen LogP contribution in [0.2, 0.25) is 0 Å². The third-order valence-corrected chi connectivity index (χ3v) is 22.7. The fourth-order valence-electron chi connectivity index (χ4n) is 12.3. The van der Waals surface area contributed by atoms with Crippen molar-refractivity contribution in [3.05, 3.63) is 186 Å². The van der Waals surface area contributed by atoms with Gasteiger partial charge in [-0.15, -0.1) is 0 Å². The van der Waals surface area contributed by atoms with Crippen LogP contribution < -0.4 is 41.4 Å². The Bertz CT molecular complexity index is 3250. The summed E-state index contributed by atoms with van der Waals surface area (Å²) in [6, 6.07) is 63.9. The molecule has 64 heavy (non-hydrogen) atoms. The monoisotopic (exact) mass is 876 g/mol. The molecule has 0 N–H and O–H groups in total. The predicted molar refractivity (Wildman–Crippen MR) is 277 cm³/mol. The molecule has 4 heterocycles. The molecule has 13 rings (SSSR count). The first-order valence-corrected chi connectivity index (χ1v) is 26.5. The fourth-order valence-corrected chi connectivity index (χ4v) is 19.7. The molecule has 4 aliphatic heterocycles. The number of hydrogen-bond donors (Lipinski definition) is 0. The van der Waals surface area contributed by atoms with Gasteiger partial charge in [-0.3, -0.25) is 0 Å². The lowest BCUT2D eigenvalue weighted by Gasteiger charge is -2.52. The average molecular weight is 877 g/mol. The average Bonchev–Trinajstić information content (AvgIpc) is 3.31. The number of aryl methyl sites for hydroxylation is 2. The molecule has 0 saturated carbocycles. The van der Waals surface area contributed by atoms with Crippen LogP contribution in [-0.2, 0) is 10.8 Å². The van der Waals surface area contributed by atoms with Crippen molar-refractivity contribution in [3.63, 3.8) is 0 Å². The maximum absolute atomic E-state index is 2.83. The summed E-state index contributed by atoms with van der Waals surface area (Å²) in [4.78, 5) is 10.8. The van der Waals surface area contributed by atoms with E-state index >= 15 is 0 Å². The number of anilines is 5. The summed E-state index contributed by atoms with van der Waals surface area (Å²) < 4.78 is 0. The van der Waals surface area contributed by atoms with E-state index in [1.165, 1.54) is 126 Å². The molecule has 5 aliphatic rings. The first-order chi connectivity index (χ1) is 31.0. The molecule has 6 heteroatoms. The summed E-state index contributed by atoms with van der Waals surface area (Å²) in [5, 5.41) is 5.75. The van der Waals surface area contributed by atoms with Gasteiger partial charge in [0.1, 0.15) is 0 Å². The standard InChI is InChI=1S/C58H49BN2S2Si/c1-36-30-41-40-22-17-27-54-56(40)61(45-23-13-16-26-53(45)64(54,38-18-9-7-10-19-38)39-20-11-8-12-21-39)59-44-34-51-52(63-50-25-15-14-24-49(50)62-51)35-47(44)60(48(31-36)55(41)59)46-33-43-42(32-37(46)2)57(3,4)28-29-58(43,5)6/h7-27,30-35H,28-29H2,1-6H3. The summed E-state index contributed by atoms with van der Waals surface area (Å²) in [5.41, 5.74) is 17.8. The molecule has 0 radical (unpaired) electrons. The molecule has 0 spiro atoms. The highest BCUT2D eigenvalue weighted by atomic mass is 32.2. The van der Waals surface area contributed by atoms with Crippen molar-refractivity contribution in [3.8, 4) is 11.1 Å². The van der Waals surface area contributed by atoms with Crippen molar-refractivity contribution in [2.24, 2.45) is 0 Å². The molecule has 310 valence electrons. The highest BCUT2D eigenvalue weighted by Crippen LogP contribution is 2.55. The molecule has 0 fully saturated rings. The second-order valence-electron chi connectivity index (χ2n) is 20.0. The number of para-hydroxylation sites is 2. The lowest BCUT2D eigenvalue weighted by atomic mass is 9.43. The number of hydrogen-bond acceptors (Lipinski definition) is 4. The molecule has 0 aromatic heterocycles. The van der Waals surface area contributed by atoms with Crippen molar-refractivity contribution in [1.82, 2.24) is 0 Å². The van der Waals surface area contributed by atoms with Crippen LogP contribution >= 0.6 is 23.5 Å². The van der Waals surface area contributed by atoms with E-state index in [1.807, 2.05) is 23.5 Å². The topological polar surface area (TPSA) is 6.48 Å². The summed E-state index contributed by atoms with van der Waals surface area (Å²) >= 11 is 3.86. The minimum Gasteiger partial charge on any atom is -0.376 e. The first-order valence-electron chi connectivity index (χ1n) is 22.9. The Morgan fingerprint density at radius 1 is 0.500 bits per heavy atom. The predicted octanol–water partition coefficient (Wildman–Crippen LogP) is 11.7. The summed E-state index contributed by atoms with van der Waals surface area (Å²) in [6.07, 6.45) is 2.38. The SMILES string of the molecule is Cc1cc2c3c(c1)N(c1cc4c(cc1C)C(C)(C)CCC4(C)C)c1cc4c(cc1B3N1c3ccccc3[Si](c3ccccc3)(c3ccccc3)c3cccc-2c31)Sc1ccccc1S4. The van der Waals surface area contributed by atoms with Crippen LogP contribution in [-0.4, -0.2) is 14.9 Å². The second-order valence-corrected chi connectivity index (χ2v) is 25.9. The second kappa shape index (κ2) is 13.7. The number of benzene rings is 8. The lowest BCUT2D eigenvalue weighted by molar-refractivity contribution is 0.332. The summed E-state index contributed by atoms with van der Waals surface area (Å²) in [5.74, 6) is 0. The Kier molecular flexibility index (Phi) is 8.29. The van der Waals surface area contributed by atoms with Gasteiger partial charge < -0.3 is 9.71 Å². The van der Waals surface area contributed by atoms with Gasteiger partial charge in [0.25, 0.3) is 0 Å². The Labute approximate surface area is 387 Å². The third-order valence-electron chi connectivity index (χ3n) is 15.4. The Morgan fingerprint density at radius 3 is 1.78 bits per heavy atom. The lowest BCUT2D eigenvalue weighted by Crippen LogP contribution is -2.79. The zero-order valence-electron chi connectivity index (χ0n) is 37.3. The largest absolute Gasteiger partial charge is 0.376 e. The zero-order chi connectivity index (χ0) is 43.3. The van der Waals surface area contributed by atoms with Crippen molar-refractivity contribution < 1.29 is 0 Å². The van der Waals surface area contributed by atoms with Gasteiger partial charge in [0, 0.05) is 53.6 Å². The smallest absolute Gasteiger partial charge is 0.333 e. The van der Waals surface area contributed by atoms with Gasteiger partial charge in [-0.05, 0) is 139 Å². The number of fused-ring (bicyclic) bond motifs is 9. The van der Waals surface area contributed by atoms with Crippen molar-refractivity contribution >= 4 is 98.6 Å². The van der Waals surface area contributed by atoms with E-state index in [0.717, 1.165) is 0 Å². The van der Waals surface area contributed by atoms with Crippen molar-refractivity contribution in [1.29, 1.82) is 0 Å². The molecular formula is C58H49BN2S2Si. The zero-order valence-corrected chi connectivity index (χ0v) is 39.9. The maximum atomic E-state index is 2.79. The van der Waals surface area contributed by atoms with Crippen LogP contribution in [0.25, 0.3) is 11.1 Å². The Hall–Kier alpha value is -5.66. The van der Waals surface area contributed by atoms with Crippen molar-refractivity contribution in [2.75, 3.05) is 9.71 Å². The Morgan fingerprint density at radius 2 is 1.09 bits per heavy atom. The molecule has 8 aromatic carbocycles. The van der Waals surface area contributed by atoms with Crippen LogP contribution in [0.15, 0.2) is 183 Å². The maximum Gasteiger partial charge on any atom is 0.333 e. The van der Waals surface area contributed by atoms with Crippen LogP contribution in [0.5, 0.6) is 0 Å². The minimum absolute atomic E-state index is 0.0495. The molecule has 8 aromatic rings. The van der Waals surface area contributed by atoms with E-state index in [2.05, 4.69) is 215 Å². The van der Waals surface area contributed by atoms with Gasteiger partial charge in [-0.25, -0.2) is 0 Å². The molecule has 0 bridgehead atoms. The minimum atomic E-state index is -2.83. The van der Waals surface area contributed by atoms with Crippen LogP contribution in [0.4, 0.5) is 28.4 Å². The molecular weight excluding hydrogens is 828 g/mol. The quantitative estimate of drug-likeness (QED) is 0.163. The van der Waals surface area contributed by atoms with Crippen LogP contribution in [0.1, 0.15) is 62.8 Å². The molecule has 0 saturated heterocycles. The first kappa shape index (κ1) is 38.8. The van der Waals surface area contributed by atoms with Crippen LogP contribution in [0, 0.1) is 13.8 Å². The van der Waals surface area contributed by atoms with Gasteiger partial charge in [0.2, 0.25) is 0 Å². The van der Waals surface area contributed by atoms with E-state index in [-0.39, 0.29) is 17.7 Å². The molecule has 2 nitrogen and oxygen atoms in total. The molecule has 0 unspecified atom stereocenters. The summed E-state index contributed by atoms with van der Waals surface area (Å²) in [7, 11) is -2.83. The number of rotatable bonds is 3. The Balaban J connectivity index is 1.15. The highest BCUT2D eigenvalue weighted by Gasteiger charge is 2.55. The van der Waals surface area contributed by atoms with Gasteiger partial charge in [0.15, 0.2) is 8.07 Å². The van der Waals surface area contributed by atoms with Gasteiger partial charge in [0.05, 0.1) is 0 Å². The van der Waals surface area contributed by atoms with Gasteiger partial charge in [-0.1, -0.05) is 173 Å². The summed E-state index contributed by atoms with van der Waals surface area (Å²) in [6.45, 7) is 14.5. The van der Waals surface area contributed by atoms with E-state index in [4.69, 9.17) is 0 Å². The third kappa shape index (κ3) is 5.25. The molecule has 0 amide bonds. The van der Waals surface area contributed by atoms with Crippen LogP contribution in [0.3, 0.4) is 0 Å². The normalized spacial score (nSPS) is 17.2. The van der Waals surface area contributed by atoms with E-state index < -0.39 is 8.07 Å². The molecule has 0 atom stereocenters.